The van der Waals surface area contributed by atoms with Gasteiger partial charge in [0.2, 0.25) is 15.3 Å². The lowest BCUT2D eigenvalue weighted by molar-refractivity contribution is 0.600. The second-order valence-electron chi connectivity index (χ2n) is 2.50. The zero-order valence-electron chi connectivity index (χ0n) is 6.64. The monoisotopic (exact) mass is 249 g/mol. The molecule has 0 aromatic carbocycles. The molecule has 0 spiro atoms. The summed E-state index contributed by atoms with van der Waals surface area (Å²) in [5, 5.41) is 5.04. The lowest BCUT2D eigenvalue weighted by Gasteiger charge is -1.86. The third-order valence-corrected chi connectivity index (χ3v) is 4.16. The predicted octanol–water partition coefficient (Wildman–Crippen LogP) is 0.992. The average Bonchev–Trinajstić information content (AvgIpc) is 2.45. The van der Waals surface area contributed by atoms with Crippen LogP contribution < -0.4 is 5.14 Å². The average molecular weight is 250 g/mol. The minimum absolute atomic E-state index is 0.0593. The van der Waals surface area contributed by atoms with Crippen LogP contribution >= 0.6 is 22.9 Å². The molecule has 0 bridgehead atoms. The first-order chi connectivity index (χ1) is 6.47. The molecule has 0 atom stereocenters. The van der Waals surface area contributed by atoms with Gasteiger partial charge >= 0.3 is 0 Å². The van der Waals surface area contributed by atoms with Crippen LogP contribution in [0.2, 0.25) is 5.28 Å². The van der Waals surface area contributed by atoms with Gasteiger partial charge in [0.25, 0.3) is 0 Å². The van der Waals surface area contributed by atoms with Crippen LogP contribution in [0.3, 0.4) is 0 Å². The first-order valence-electron chi connectivity index (χ1n) is 3.42. The predicted molar refractivity (Wildman–Crippen MR) is 53.8 cm³/mol. The summed E-state index contributed by atoms with van der Waals surface area (Å²) in [4.78, 5) is 7.59. The third-order valence-electron chi connectivity index (χ3n) is 1.50. The number of aromatic nitrogens is 2. The van der Waals surface area contributed by atoms with E-state index >= 15 is 0 Å². The first-order valence-corrected chi connectivity index (χ1v) is 6.16. The molecule has 5 nitrogen and oxygen atoms in total. The highest BCUT2D eigenvalue weighted by Gasteiger charge is 2.13. The molecule has 2 aromatic heterocycles. The topological polar surface area (TPSA) is 85.9 Å². The summed E-state index contributed by atoms with van der Waals surface area (Å²) < 4.78 is 22.7. The Bertz CT molecular complexity index is 592. The number of primary sulfonamides is 1. The molecular weight excluding hydrogens is 246 g/mol. The quantitative estimate of drug-likeness (QED) is 0.764. The molecule has 74 valence electrons. The molecule has 0 saturated heterocycles. The second-order valence-corrected chi connectivity index (χ2v) is 5.71. The molecular formula is C6H4ClN3O2S2. The normalized spacial score (nSPS) is 12.1. The number of thiophene rings is 1. The van der Waals surface area contributed by atoms with Crippen molar-refractivity contribution < 1.29 is 8.42 Å². The molecule has 0 amide bonds. The van der Waals surface area contributed by atoms with Crippen molar-refractivity contribution in [3.63, 3.8) is 0 Å². The molecule has 0 aliphatic rings. The number of hydrogen-bond acceptors (Lipinski definition) is 5. The van der Waals surface area contributed by atoms with Crippen molar-refractivity contribution >= 4 is 43.2 Å². The molecule has 0 fully saturated rings. The zero-order valence-corrected chi connectivity index (χ0v) is 9.03. The summed E-state index contributed by atoms with van der Waals surface area (Å²) in [6.45, 7) is 0. The minimum Gasteiger partial charge on any atom is -0.225 e. The van der Waals surface area contributed by atoms with Gasteiger partial charge in [-0.25, -0.2) is 23.5 Å². The maximum Gasteiger partial charge on any atom is 0.247 e. The molecule has 2 heterocycles. The number of nitrogens with two attached hydrogens (primary N) is 1. The van der Waals surface area contributed by atoms with E-state index in [1.54, 1.807) is 0 Å². The summed E-state index contributed by atoms with van der Waals surface area (Å²) in [7, 11) is -3.67. The fourth-order valence-electron chi connectivity index (χ4n) is 0.933. The van der Waals surface area contributed by atoms with Crippen LogP contribution in [-0.2, 0) is 10.0 Å². The Morgan fingerprint density at radius 3 is 2.86 bits per heavy atom. The summed E-state index contributed by atoms with van der Waals surface area (Å²) in [6.07, 6.45) is 1.46. The Labute approximate surface area is 88.6 Å². The fourth-order valence-corrected chi connectivity index (χ4v) is 2.78. The molecule has 0 saturated carbocycles. The van der Waals surface area contributed by atoms with Gasteiger partial charge in [-0.1, -0.05) is 0 Å². The number of fused-ring (bicyclic) bond motifs is 1. The van der Waals surface area contributed by atoms with Gasteiger partial charge in [-0.3, -0.25) is 0 Å². The highest BCUT2D eigenvalue weighted by Crippen LogP contribution is 2.26. The van der Waals surface area contributed by atoms with Gasteiger partial charge in [-0.15, -0.1) is 11.3 Å². The SMILES string of the molecule is NS(=O)(=O)c1cc2nc(Cl)ncc2s1. The van der Waals surface area contributed by atoms with Crippen LogP contribution in [0.1, 0.15) is 0 Å². The van der Waals surface area contributed by atoms with Crippen molar-refractivity contribution in [1.82, 2.24) is 9.97 Å². The molecule has 0 unspecified atom stereocenters. The lowest BCUT2D eigenvalue weighted by atomic mass is 10.5. The first kappa shape index (κ1) is 9.78. The Hall–Kier alpha value is -0.760. The number of nitrogens with zero attached hydrogens (tertiary/aromatic N) is 2. The Morgan fingerprint density at radius 1 is 1.50 bits per heavy atom. The standard InChI is InChI=1S/C6H4ClN3O2S2/c7-6-9-2-4-3(10-6)1-5(13-4)14(8,11)12/h1-2H,(H2,8,11,12). The van der Waals surface area contributed by atoms with E-state index in [1.807, 2.05) is 0 Å². The summed E-state index contributed by atoms with van der Waals surface area (Å²) in [5.74, 6) is 0. The van der Waals surface area contributed by atoms with E-state index in [0.717, 1.165) is 11.3 Å². The molecule has 2 aromatic rings. The maximum atomic E-state index is 11.0. The Morgan fingerprint density at radius 2 is 2.21 bits per heavy atom. The third kappa shape index (κ3) is 1.71. The van der Waals surface area contributed by atoms with Gasteiger partial charge in [-0.2, -0.15) is 0 Å². The van der Waals surface area contributed by atoms with Crippen LogP contribution in [0, 0.1) is 0 Å². The van der Waals surface area contributed by atoms with Gasteiger partial charge in [0.15, 0.2) is 0 Å². The van der Waals surface area contributed by atoms with E-state index in [-0.39, 0.29) is 9.49 Å². The van der Waals surface area contributed by atoms with E-state index in [0.29, 0.717) is 10.2 Å². The van der Waals surface area contributed by atoms with Crippen LogP contribution in [0.25, 0.3) is 10.2 Å². The van der Waals surface area contributed by atoms with Gasteiger partial charge in [0.1, 0.15) is 4.21 Å². The summed E-state index contributed by atoms with van der Waals surface area (Å²) >= 11 is 6.56. The van der Waals surface area contributed by atoms with Crippen molar-refractivity contribution in [3.8, 4) is 0 Å². The zero-order chi connectivity index (χ0) is 10.3. The molecule has 2 rings (SSSR count). The van der Waals surface area contributed by atoms with Crippen molar-refractivity contribution in [3.05, 3.63) is 17.5 Å². The smallest absolute Gasteiger partial charge is 0.225 e. The van der Waals surface area contributed by atoms with E-state index in [1.165, 1.54) is 12.3 Å². The molecule has 14 heavy (non-hydrogen) atoms. The summed E-state index contributed by atoms with van der Waals surface area (Å²) in [5.41, 5.74) is 0.485. The van der Waals surface area contributed by atoms with Crippen LogP contribution in [-0.4, -0.2) is 18.4 Å². The van der Waals surface area contributed by atoms with Crippen molar-refractivity contribution in [2.75, 3.05) is 0 Å². The minimum atomic E-state index is -3.67. The van der Waals surface area contributed by atoms with Gasteiger partial charge in [-0.05, 0) is 17.7 Å². The molecule has 0 aliphatic heterocycles. The second kappa shape index (κ2) is 3.13. The number of rotatable bonds is 1. The highest BCUT2D eigenvalue weighted by molar-refractivity contribution is 7.91. The highest BCUT2D eigenvalue weighted by atomic mass is 35.5. The van der Waals surface area contributed by atoms with Gasteiger partial charge in [0.05, 0.1) is 10.2 Å². The van der Waals surface area contributed by atoms with E-state index in [4.69, 9.17) is 16.7 Å². The summed E-state index contributed by atoms with van der Waals surface area (Å²) in [6, 6.07) is 1.38. The molecule has 2 N–H and O–H groups in total. The van der Waals surface area contributed by atoms with Crippen LogP contribution in [0.5, 0.6) is 0 Å². The Kier molecular flexibility index (Phi) is 2.18. The molecule has 0 radical (unpaired) electrons. The van der Waals surface area contributed by atoms with Gasteiger partial charge in [0, 0.05) is 6.20 Å². The van der Waals surface area contributed by atoms with Crippen molar-refractivity contribution in [1.29, 1.82) is 0 Å². The number of hydrogen-bond donors (Lipinski definition) is 1. The van der Waals surface area contributed by atoms with Crippen LogP contribution in [0.4, 0.5) is 0 Å². The molecule has 0 aliphatic carbocycles. The lowest BCUT2D eigenvalue weighted by Crippen LogP contribution is -2.09. The van der Waals surface area contributed by atoms with Crippen molar-refractivity contribution in [2.45, 2.75) is 4.21 Å². The molecule has 8 heteroatoms. The Balaban J connectivity index is 2.75. The number of sulfonamides is 1. The number of halogens is 1. The van der Waals surface area contributed by atoms with E-state index < -0.39 is 10.0 Å². The van der Waals surface area contributed by atoms with E-state index in [2.05, 4.69) is 9.97 Å². The van der Waals surface area contributed by atoms with Crippen LogP contribution in [0.15, 0.2) is 16.5 Å². The van der Waals surface area contributed by atoms with Gasteiger partial charge < -0.3 is 0 Å². The fraction of sp³-hybridized carbons (Fsp3) is 0. The van der Waals surface area contributed by atoms with Crippen molar-refractivity contribution in [2.24, 2.45) is 5.14 Å². The van der Waals surface area contributed by atoms with E-state index in [9.17, 15) is 8.42 Å². The maximum absolute atomic E-state index is 11.0. The largest absolute Gasteiger partial charge is 0.247 e.